The third-order valence-electron chi connectivity index (χ3n) is 2.96. The number of carbonyl (C=O) groups is 2. The van der Waals surface area contributed by atoms with E-state index >= 15 is 0 Å². The number of esters is 2. The standard InChI is InChI=1S/C9H6O3/c10-8-6-4-1-2-5(3-4)7(6)9(11)12-8/h4-7H,3H2. The summed E-state index contributed by atoms with van der Waals surface area (Å²) >= 11 is 0. The molecule has 3 heteroatoms. The average molecular weight is 162 g/mol. The molecule has 1 saturated carbocycles. The first kappa shape index (κ1) is 6.24. The van der Waals surface area contributed by atoms with Crippen molar-refractivity contribution in [1.29, 1.82) is 0 Å². The lowest BCUT2D eigenvalue weighted by Crippen LogP contribution is -2.21. The van der Waals surface area contributed by atoms with Gasteiger partial charge in [-0.25, -0.2) is 0 Å². The van der Waals surface area contributed by atoms with Gasteiger partial charge in [-0.05, 0) is 6.42 Å². The Hall–Kier alpha value is -1.30. The summed E-state index contributed by atoms with van der Waals surface area (Å²) in [4.78, 5) is 22.3. The first-order valence-corrected chi connectivity index (χ1v) is 4.04. The van der Waals surface area contributed by atoms with Crippen molar-refractivity contribution in [3.05, 3.63) is 0 Å². The van der Waals surface area contributed by atoms with Crippen LogP contribution in [0.5, 0.6) is 0 Å². The summed E-state index contributed by atoms with van der Waals surface area (Å²) in [6, 6.07) is 0. The van der Waals surface area contributed by atoms with Crippen molar-refractivity contribution < 1.29 is 14.3 Å². The summed E-state index contributed by atoms with van der Waals surface area (Å²) in [6.45, 7) is 0. The zero-order chi connectivity index (χ0) is 8.29. The fourth-order valence-corrected chi connectivity index (χ4v) is 2.44. The van der Waals surface area contributed by atoms with Crippen LogP contribution in [0.15, 0.2) is 0 Å². The Labute approximate surface area is 69.1 Å². The van der Waals surface area contributed by atoms with Crippen LogP contribution in [0.25, 0.3) is 0 Å². The Morgan fingerprint density at radius 2 is 1.58 bits per heavy atom. The zero-order valence-electron chi connectivity index (χ0n) is 6.24. The van der Waals surface area contributed by atoms with Crippen molar-refractivity contribution in [1.82, 2.24) is 0 Å². The molecule has 4 unspecified atom stereocenters. The van der Waals surface area contributed by atoms with Gasteiger partial charge in [-0.15, -0.1) is 0 Å². The Bertz CT molecular complexity index is 317. The van der Waals surface area contributed by atoms with E-state index in [9.17, 15) is 9.59 Å². The number of fused-ring (bicyclic) bond motifs is 5. The van der Waals surface area contributed by atoms with Crippen LogP contribution in [0.4, 0.5) is 0 Å². The summed E-state index contributed by atoms with van der Waals surface area (Å²) < 4.78 is 4.55. The molecule has 3 aliphatic rings. The molecule has 0 aromatic heterocycles. The molecule has 12 heavy (non-hydrogen) atoms. The minimum atomic E-state index is -0.355. The van der Waals surface area contributed by atoms with Crippen LogP contribution in [0.1, 0.15) is 6.42 Å². The van der Waals surface area contributed by atoms with Crippen molar-refractivity contribution in [3.63, 3.8) is 0 Å². The van der Waals surface area contributed by atoms with Crippen LogP contribution < -0.4 is 0 Å². The Morgan fingerprint density at radius 3 is 2.08 bits per heavy atom. The lowest BCUT2D eigenvalue weighted by atomic mass is 9.87. The van der Waals surface area contributed by atoms with Crippen LogP contribution in [0.3, 0.4) is 0 Å². The molecule has 2 aliphatic carbocycles. The summed E-state index contributed by atoms with van der Waals surface area (Å²) in [7, 11) is 0. The molecule has 1 aliphatic heterocycles. The molecule has 0 N–H and O–H groups in total. The van der Waals surface area contributed by atoms with Crippen LogP contribution in [-0.4, -0.2) is 11.9 Å². The average Bonchev–Trinajstić information content (AvgIpc) is 2.64. The summed E-state index contributed by atoms with van der Waals surface area (Å²) in [5.74, 6) is 4.97. The molecule has 1 saturated heterocycles. The largest absolute Gasteiger partial charge is 0.393 e. The normalized spacial score (nSPS) is 47.0. The van der Waals surface area contributed by atoms with Crippen LogP contribution >= 0.6 is 0 Å². The van der Waals surface area contributed by atoms with E-state index in [1.54, 1.807) is 0 Å². The van der Waals surface area contributed by atoms with Crippen molar-refractivity contribution in [2.24, 2.45) is 23.7 Å². The van der Waals surface area contributed by atoms with Gasteiger partial charge in [-0.1, -0.05) is 11.8 Å². The second kappa shape index (κ2) is 1.71. The zero-order valence-corrected chi connectivity index (χ0v) is 6.24. The molecule has 2 fully saturated rings. The fraction of sp³-hybridized carbons (Fsp3) is 0.556. The highest BCUT2D eigenvalue weighted by Crippen LogP contribution is 2.48. The van der Waals surface area contributed by atoms with E-state index in [0.29, 0.717) is 0 Å². The molecule has 0 amide bonds. The number of carbonyl (C=O) groups excluding carboxylic acids is 2. The third-order valence-corrected chi connectivity index (χ3v) is 2.96. The predicted octanol–water partition coefficient (Wildman–Crippen LogP) is -0.0447. The Kier molecular flexibility index (Phi) is 0.891. The molecule has 4 atom stereocenters. The van der Waals surface area contributed by atoms with Gasteiger partial charge >= 0.3 is 11.9 Å². The molecule has 2 bridgehead atoms. The van der Waals surface area contributed by atoms with Gasteiger partial charge in [0.25, 0.3) is 0 Å². The van der Waals surface area contributed by atoms with Gasteiger partial charge in [0.05, 0.1) is 11.8 Å². The summed E-state index contributed by atoms with van der Waals surface area (Å²) in [6.07, 6.45) is 0.857. The smallest absolute Gasteiger partial charge is 0.318 e. The van der Waals surface area contributed by atoms with E-state index in [-0.39, 0.29) is 35.6 Å². The summed E-state index contributed by atoms with van der Waals surface area (Å²) in [5.41, 5.74) is 0. The molecule has 3 nitrogen and oxygen atoms in total. The van der Waals surface area contributed by atoms with Gasteiger partial charge in [0, 0.05) is 11.8 Å². The molecular weight excluding hydrogens is 156 g/mol. The molecule has 3 rings (SSSR count). The van der Waals surface area contributed by atoms with Gasteiger partial charge < -0.3 is 4.74 Å². The minimum Gasteiger partial charge on any atom is -0.393 e. The third kappa shape index (κ3) is 0.513. The second-order valence-electron chi connectivity index (χ2n) is 3.53. The highest BCUT2D eigenvalue weighted by Gasteiger charge is 2.58. The lowest BCUT2D eigenvalue weighted by molar-refractivity contribution is -0.154. The van der Waals surface area contributed by atoms with E-state index < -0.39 is 0 Å². The molecule has 0 spiro atoms. The second-order valence-corrected chi connectivity index (χ2v) is 3.53. The maximum atomic E-state index is 11.1. The number of rotatable bonds is 0. The number of hydrogen-bond acceptors (Lipinski definition) is 3. The number of ether oxygens (including phenoxy) is 1. The first-order valence-electron chi connectivity index (χ1n) is 4.04. The van der Waals surface area contributed by atoms with Gasteiger partial charge in [0.1, 0.15) is 0 Å². The van der Waals surface area contributed by atoms with E-state index in [1.165, 1.54) is 0 Å². The van der Waals surface area contributed by atoms with E-state index in [2.05, 4.69) is 16.6 Å². The van der Waals surface area contributed by atoms with Gasteiger partial charge in [0.15, 0.2) is 0 Å². The predicted molar refractivity (Wildman–Crippen MR) is 37.5 cm³/mol. The molecule has 60 valence electrons. The number of hydrogen-bond donors (Lipinski definition) is 0. The quantitative estimate of drug-likeness (QED) is 0.285. The Balaban J connectivity index is 2.10. The Morgan fingerprint density at radius 1 is 1.08 bits per heavy atom. The molecule has 0 aromatic carbocycles. The van der Waals surface area contributed by atoms with Crippen molar-refractivity contribution in [2.45, 2.75) is 6.42 Å². The van der Waals surface area contributed by atoms with Gasteiger partial charge in [-0.2, -0.15) is 0 Å². The maximum Gasteiger partial charge on any atom is 0.318 e. The fourth-order valence-electron chi connectivity index (χ4n) is 2.44. The first-order chi connectivity index (χ1) is 5.77. The van der Waals surface area contributed by atoms with Crippen molar-refractivity contribution in [2.75, 3.05) is 0 Å². The van der Waals surface area contributed by atoms with E-state index in [1.807, 2.05) is 0 Å². The highest BCUT2D eigenvalue weighted by molar-refractivity contribution is 5.98. The number of cyclic esters (lactones) is 2. The van der Waals surface area contributed by atoms with Gasteiger partial charge in [0.2, 0.25) is 0 Å². The van der Waals surface area contributed by atoms with Crippen molar-refractivity contribution >= 4 is 11.9 Å². The maximum absolute atomic E-state index is 11.1. The molecule has 0 aromatic rings. The van der Waals surface area contributed by atoms with Crippen LogP contribution in [0, 0.1) is 35.5 Å². The summed E-state index contributed by atoms with van der Waals surface area (Å²) in [5, 5.41) is 0. The minimum absolute atomic E-state index is 0.0962. The highest BCUT2D eigenvalue weighted by atomic mass is 16.6. The van der Waals surface area contributed by atoms with E-state index in [0.717, 1.165) is 6.42 Å². The van der Waals surface area contributed by atoms with Crippen LogP contribution in [0.2, 0.25) is 0 Å². The van der Waals surface area contributed by atoms with Gasteiger partial charge in [-0.3, -0.25) is 9.59 Å². The SMILES string of the molecule is O=C1OC(=O)C2C3C#CC(C3)C12. The topological polar surface area (TPSA) is 43.4 Å². The van der Waals surface area contributed by atoms with Crippen molar-refractivity contribution in [3.8, 4) is 11.8 Å². The molecule has 0 radical (unpaired) electrons. The monoisotopic (exact) mass is 162 g/mol. The molecular formula is C9H6O3. The molecule has 1 heterocycles. The van der Waals surface area contributed by atoms with E-state index in [4.69, 9.17) is 0 Å². The van der Waals surface area contributed by atoms with Crippen LogP contribution in [-0.2, 0) is 14.3 Å². The lowest BCUT2D eigenvalue weighted by Gasteiger charge is -2.09.